The molecule has 0 radical (unpaired) electrons. The summed E-state index contributed by atoms with van der Waals surface area (Å²) in [5.41, 5.74) is 0.948. The zero-order valence-corrected chi connectivity index (χ0v) is 18.1. The van der Waals surface area contributed by atoms with Crippen molar-refractivity contribution in [2.75, 3.05) is 17.2 Å². The molecule has 1 aromatic carbocycles. The second-order valence-electron chi connectivity index (χ2n) is 6.42. The Hall–Kier alpha value is -2.15. The van der Waals surface area contributed by atoms with Gasteiger partial charge in [-0.3, -0.25) is 4.79 Å². The van der Waals surface area contributed by atoms with Gasteiger partial charge in [-0.25, -0.2) is 9.10 Å². The van der Waals surface area contributed by atoms with Crippen LogP contribution in [0.5, 0.6) is 0 Å². The molecule has 0 aliphatic heterocycles. The minimum absolute atomic E-state index is 0.0882. The van der Waals surface area contributed by atoms with E-state index in [1.54, 1.807) is 23.9 Å². The number of amides is 1. The lowest BCUT2D eigenvalue weighted by Gasteiger charge is -2.25. The van der Waals surface area contributed by atoms with Gasteiger partial charge in [-0.2, -0.15) is 0 Å². The average Bonchev–Trinajstić information content (AvgIpc) is 2.95. The summed E-state index contributed by atoms with van der Waals surface area (Å²) in [5, 5.41) is 0.868. The van der Waals surface area contributed by atoms with Crippen LogP contribution in [0, 0.1) is 0 Å². The molecule has 1 heterocycles. The molecule has 0 spiro atoms. The van der Waals surface area contributed by atoms with Crippen molar-refractivity contribution in [3.05, 3.63) is 30.5 Å². The normalized spacial score (nSPS) is 10.8. The third-order valence-electron chi connectivity index (χ3n) is 3.33. The number of carbonyl (C=O) groups is 2. The van der Waals surface area contributed by atoms with Gasteiger partial charge in [-0.15, -0.1) is 0 Å². The van der Waals surface area contributed by atoms with Crippen molar-refractivity contribution in [3.8, 4) is 0 Å². The molecule has 1 amide bonds. The maximum Gasteiger partial charge on any atom is 0.425 e. The SMILES string of the molecule is CC.CCOC(=O)Cn1cc(N(SC)C(=O)OC(C)(C)C)c2ccccc21. The Balaban J connectivity index is 0.00000176. The number of esters is 1. The molecule has 0 atom stereocenters. The summed E-state index contributed by atoms with van der Waals surface area (Å²) in [5.74, 6) is -0.317. The van der Waals surface area contributed by atoms with Crippen LogP contribution in [0.25, 0.3) is 10.9 Å². The van der Waals surface area contributed by atoms with Crippen LogP contribution >= 0.6 is 11.9 Å². The van der Waals surface area contributed by atoms with Crippen LogP contribution in [0.4, 0.5) is 10.5 Å². The molecule has 0 bridgehead atoms. The van der Waals surface area contributed by atoms with Crippen molar-refractivity contribution in [1.82, 2.24) is 4.57 Å². The van der Waals surface area contributed by atoms with Gasteiger partial charge in [0.05, 0.1) is 17.8 Å². The van der Waals surface area contributed by atoms with Crippen molar-refractivity contribution >= 4 is 40.6 Å². The average molecular weight is 395 g/mol. The number of fused-ring (bicyclic) bond motifs is 1. The maximum absolute atomic E-state index is 12.5. The monoisotopic (exact) mass is 394 g/mol. The van der Waals surface area contributed by atoms with Gasteiger partial charge in [0, 0.05) is 17.8 Å². The molecule has 0 fully saturated rings. The van der Waals surface area contributed by atoms with Crippen LogP contribution in [0.3, 0.4) is 0 Å². The largest absolute Gasteiger partial charge is 0.465 e. The molecule has 0 N–H and O–H groups in total. The molecule has 2 aromatic rings. The van der Waals surface area contributed by atoms with Gasteiger partial charge in [0.2, 0.25) is 0 Å². The van der Waals surface area contributed by atoms with E-state index in [0.717, 1.165) is 10.9 Å². The standard InChI is InChI=1S/C18H24N2O4S.C2H6/c1-6-23-16(21)12-19-11-15(13-9-7-8-10-14(13)19)20(25-5)17(22)24-18(2,3)4;1-2/h7-11H,6,12H2,1-5H3;1-2H3. The number of para-hydroxylation sites is 1. The number of benzene rings is 1. The summed E-state index contributed by atoms with van der Waals surface area (Å²) in [4.78, 5) is 24.4. The van der Waals surface area contributed by atoms with Gasteiger partial charge in [-0.1, -0.05) is 32.0 Å². The predicted octanol–water partition coefficient (Wildman–Crippen LogP) is 5.25. The Morgan fingerprint density at radius 2 is 1.81 bits per heavy atom. The zero-order chi connectivity index (χ0) is 20.6. The summed E-state index contributed by atoms with van der Waals surface area (Å²) in [6.45, 7) is 11.7. The Morgan fingerprint density at radius 1 is 1.19 bits per heavy atom. The number of rotatable bonds is 5. The van der Waals surface area contributed by atoms with Crippen LogP contribution in [0.2, 0.25) is 0 Å². The first-order chi connectivity index (χ1) is 12.8. The first-order valence-corrected chi connectivity index (χ1v) is 10.3. The summed E-state index contributed by atoms with van der Waals surface area (Å²) < 4.78 is 13.8. The van der Waals surface area contributed by atoms with E-state index in [0.29, 0.717) is 12.3 Å². The van der Waals surface area contributed by atoms with Gasteiger partial charge >= 0.3 is 12.1 Å². The van der Waals surface area contributed by atoms with Crippen molar-refractivity contribution in [2.24, 2.45) is 0 Å². The highest BCUT2D eigenvalue weighted by Crippen LogP contribution is 2.33. The number of carbonyl (C=O) groups excluding carboxylic acids is 2. The summed E-state index contributed by atoms with van der Waals surface area (Å²) in [7, 11) is 0. The van der Waals surface area contributed by atoms with Gasteiger partial charge in [0.1, 0.15) is 12.1 Å². The van der Waals surface area contributed by atoms with Gasteiger partial charge < -0.3 is 14.0 Å². The fraction of sp³-hybridized carbons (Fsp3) is 0.500. The minimum Gasteiger partial charge on any atom is -0.465 e. The fourth-order valence-corrected chi connectivity index (χ4v) is 2.97. The number of aromatic nitrogens is 1. The Morgan fingerprint density at radius 3 is 2.37 bits per heavy atom. The summed E-state index contributed by atoms with van der Waals surface area (Å²) >= 11 is 1.26. The van der Waals surface area contributed by atoms with Crippen molar-refractivity contribution in [1.29, 1.82) is 0 Å². The quantitative estimate of drug-likeness (QED) is 0.512. The van der Waals surface area contributed by atoms with Crippen LogP contribution in [0.1, 0.15) is 41.5 Å². The highest BCUT2D eigenvalue weighted by molar-refractivity contribution is 8.00. The topological polar surface area (TPSA) is 60.8 Å². The Kier molecular flexibility index (Phi) is 8.69. The number of hydrogen-bond acceptors (Lipinski definition) is 5. The molecule has 1 aromatic heterocycles. The van der Waals surface area contributed by atoms with Crippen LogP contribution in [0.15, 0.2) is 30.5 Å². The molecule has 0 saturated carbocycles. The highest BCUT2D eigenvalue weighted by Gasteiger charge is 2.26. The second-order valence-corrected chi connectivity index (χ2v) is 7.15. The third-order valence-corrected chi connectivity index (χ3v) is 4.04. The molecule has 0 unspecified atom stereocenters. The zero-order valence-electron chi connectivity index (χ0n) is 17.2. The molecule has 7 heteroatoms. The van der Waals surface area contributed by atoms with Crippen molar-refractivity contribution in [3.63, 3.8) is 0 Å². The van der Waals surface area contributed by atoms with E-state index in [1.807, 2.05) is 58.9 Å². The first kappa shape index (κ1) is 22.9. The molecule has 150 valence electrons. The van der Waals surface area contributed by atoms with E-state index < -0.39 is 11.7 Å². The van der Waals surface area contributed by atoms with Crippen molar-refractivity contribution in [2.45, 2.75) is 53.7 Å². The molecule has 6 nitrogen and oxygen atoms in total. The van der Waals surface area contributed by atoms with E-state index in [2.05, 4.69) is 0 Å². The lowest BCUT2D eigenvalue weighted by atomic mass is 10.2. The number of hydrogen-bond donors (Lipinski definition) is 0. The maximum atomic E-state index is 12.5. The summed E-state index contributed by atoms with van der Waals surface area (Å²) in [6.07, 6.45) is 3.14. The number of anilines is 1. The molecule has 27 heavy (non-hydrogen) atoms. The van der Waals surface area contributed by atoms with E-state index in [1.165, 1.54) is 16.3 Å². The first-order valence-electron chi connectivity index (χ1n) is 9.07. The summed E-state index contributed by atoms with van der Waals surface area (Å²) in [6, 6.07) is 7.62. The smallest absolute Gasteiger partial charge is 0.425 e. The van der Waals surface area contributed by atoms with E-state index in [-0.39, 0.29) is 12.5 Å². The number of nitrogens with zero attached hydrogens (tertiary/aromatic N) is 2. The fourth-order valence-electron chi connectivity index (χ4n) is 2.44. The third kappa shape index (κ3) is 6.20. The van der Waals surface area contributed by atoms with E-state index in [9.17, 15) is 9.59 Å². The molecule has 2 rings (SSSR count). The van der Waals surface area contributed by atoms with E-state index in [4.69, 9.17) is 9.47 Å². The molecule has 0 aliphatic carbocycles. The second kappa shape index (κ2) is 10.3. The van der Waals surface area contributed by atoms with Crippen LogP contribution in [-0.2, 0) is 20.8 Å². The van der Waals surface area contributed by atoms with Crippen molar-refractivity contribution < 1.29 is 19.1 Å². The highest BCUT2D eigenvalue weighted by atomic mass is 32.2. The minimum atomic E-state index is -0.589. The number of ether oxygens (including phenoxy) is 2. The Labute approximate surface area is 165 Å². The van der Waals surface area contributed by atoms with E-state index >= 15 is 0 Å². The molecular weight excluding hydrogens is 364 g/mol. The predicted molar refractivity (Wildman–Crippen MR) is 112 cm³/mol. The van der Waals surface area contributed by atoms with Gasteiger partial charge in [0.25, 0.3) is 0 Å². The molecule has 0 saturated heterocycles. The van der Waals surface area contributed by atoms with Crippen LogP contribution < -0.4 is 4.31 Å². The lowest BCUT2D eigenvalue weighted by Crippen LogP contribution is -2.32. The van der Waals surface area contributed by atoms with Crippen LogP contribution in [-0.4, -0.2) is 35.1 Å². The Bertz CT molecular complexity index is 765. The van der Waals surface area contributed by atoms with Gasteiger partial charge in [-0.05, 0) is 45.7 Å². The lowest BCUT2D eigenvalue weighted by molar-refractivity contribution is -0.143. The van der Waals surface area contributed by atoms with Gasteiger partial charge in [0.15, 0.2) is 0 Å². The molecular formula is C20H30N2O4S. The molecule has 0 aliphatic rings.